The average molecular weight is 1170 g/mol. The molecule has 0 saturated heterocycles. The van der Waals surface area contributed by atoms with E-state index in [0.717, 1.165) is 67.5 Å². The third-order valence-electron chi connectivity index (χ3n) is 14.9. The Kier molecular flexibility index (Phi) is 16.3. The number of nitrogens with zero attached hydrogens (tertiary/aromatic N) is 3. The maximum absolute atomic E-state index is 13.8. The zero-order chi connectivity index (χ0) is 57.1. The van der Waals surface area contributed by atoms with Crippen LogP contribution in [0.5, 0.6) is 0 Å². The maximum atomic E-state index is 13.8. The fourth-order valence-corrected chi connectivity index (χ4v) is 11.6. The minimum Gasteiger partial charge on any atom is -0.340 e. The lowest BCUT2D eigenvalue weighted by atomic mass is 9.81. The summed E-state index contributed by atoms with van der Waals surface area (Å²) >= 11 is 5.36. The van der Waals surface area contributed by atoms with Crippen LogP contribution in [0.2, 0.25) is 0 Å². The standard InChI is InChI=1S/C24H24BrN3O.C21H16FN3OS.C18H14FN3O.C2H6/c1-5-24(3,4)15-7-6-14(2)20(12-15)28-22-17-10-11-26-23(29)21(17)18-13-16(25)8-9-19(18)27-22;1-11-8-12-5-7-27-18(12)10-17(11)25-20-14-4-6-23-21(26)19(14)15-9-13(22)2-3-16(15)24-20;19-11-6-7-15-14(10-11)16-13(8-9-20-18(16)23)17(22-15)21-12-4-2-1-3-5-12;1-2/h6-13H,5H2,1-4H3,(H,26,29)(H,27,28);2-4,6,8-10H,5,7H2,1H3,(H,23,26)(H,24,25);1-10,14-15H,(H,20,23)(H,21,22);1-2H3. The smallest absolute Gasteiger partial charge is 0.256 e. The molecule has 0 saturated carbocycles. The molecule has 0 radical (unpaired) electrons. The van der Waals surface area contributed by atoms with Crippen molar-refractivity contribution in [2.75, 3.05) is 21.7 Å². The van der Waals surface area contributed by atoms with Crippen LogP contribution < -0.4 is 32.6 Å². The van der Waals surface area contributed by atoms with Crippen LogP contribution in [0.4, 0.5) is 37.5 Å². The van der Waals surface area contributed by atoms with Crippen LogP contribution in [0.25, 0.3) is 43.4 Å². The third kappa shape index (κ3) is 11.6. The van der Waals surface area contributed by atoms with Gasteiger partial charge in [0.2, 0.25) is 0 Å². The Hall–Kier alpha value is -8.47. The van der Waals surface area contributed by atoms with E-state index in [2.05, 4.69) is 122 Å². The summed E-state index contributed by atoms with van der Waals surface area (Å²) in [6, 6.07) is 35.9. The quantitative estimate of drug-likeness (QED) is 0.0850. The van der Waals surface area contributed by atoms with Gasteiger partial charge in [-0.3, -0.25) is 19.4 Å². The molecule has 81 heavy (non-hydrogen) atoms. The van der Waals surface area contributed by atoms with Crippen molar-refractivity contribution in [3.8, 4) is 0 Å². The molecule has 2 atom stereocenters. The number of thioether (sulfide) groups is 1. The number of H-pyrrole nitrogens is 3. The van der Waals surface area contributed by atoms with Gasteiger partial charge in [-0.2, -0.15) is 0 Å². The summed E-state index contributed by atoms with van der Waals surface area (Å²) in [6.45, 7) is 14.9. The van der Waals surface area contributed by atoms with Crippen molar-refractivity contribution in [1.29, 1.82) is 0 Å². The van der Waals surface area contributed by atoms with Gasteiger partial charge in [-0.25, -0.2) is 18.7 Å². The minimum atomic E-state index is -0.388. The highest BCUT2D eigenvalue weighted by Crippen LogP contribution is 2.39. The van der Waals surface area contributed by atoms with Gasteiger partial charge in [0.15, 0.2) is 0 Å². The second-order valence-electron chi connectivity index (χ2n) is 20.4. The number of benzene rings is 5. The zero-order valence-electron chi connectivity index (χ0n) is 45.8. The Balaban J connectivity index is 0.000000135. The molecule has 13 rings (SSSR count). The molecule has 410 valence electrons. The predicted molar refractivity (Wildman–Crippen MR) is 334 cm³/mol. The van der Waals surface area contributed by atoms with E-state index in [1.54, 1.807) is 42.9 Å². The second-order valence-corrected chi connectivity index (χ2v) is 22.4. The highest BCUT2D eigenvalue weighted by molar-refractivity contribution is 9.10. The molecule has 3 aliphatic rings. The van der Waals surface area contributed by atoms with Gasteiger partial charge in [0, 0.05) is 89.4 Å². The van der Waals surface area contributed by atoms with E-state index < -0.39 is 0 Å². The SMILES string of the molecule is CC.CCC(C)(C)c1ccc(C)c(Nc2nc3ccc(Br)cc3c3c(=O)[nH]ccc23)c1.Cc1cc2c(cc1Nc1nc3ccc(F)cc3c3c(=O)[nH]ccc13)SCC2.O=c1[nH]ccc2c1C1C=C(F)C=CC1N=C2Nc1ccccc1. The van der Waals surface area contributed by atoms with Gasteiger partial charge in [-0.05, 0) is 145 Å². The summed E-state index contributed by atoms with van der Waals surface area (Å²) in [6.07, 6.45) is 11.5. The fourth-order valence-electron chi connectivity index (χ4n) is 10.2. The molecule has 5 aromatic carbocycles. The van der Waals surface area contributed by atoms with E-state index in [1.807, 2.05) is 80.2 Å². The van der Waals surface area contributed by atoms with E-state index in [1.165, 1.54) is 40.3 Å². The van der Waals surface area contributed by atoms with E-state index >= 15 is 0 Å². The van der Waals surface area contributed by atoms with Crippen LogP contribution in [0, 0.1) is 19.7 Å². The van der Waals surface area contributed by atoms with Gasteiger partial charge < -0.3 is 30.9 Å². The number of aromatic nitrogens is 5. The molecular formula is C65H60BrF2N9O3S. The van der Waals surface area contributed by atoms with Crippen molar-refractivity contribution in [3.05, 3.63) is 233 Å². The number of fused-ring (bicyclic) bond motifs is 10. The number of nitrogens with one attached hydrogen (secondary N) is 6. The topological polar surface area (TPSA) is 173 Å². The Morgan fingerprint density at radius 1 is 0.691 bits per heavy atom. The number of allylic oxidation sites excluding steroid dienone is 2. The molecule has 5 aromatic heterocycles. The number of aliphatic imine (C=N–C) groups is 1. The number of amidine groups is 1. The van der Waals surface area contributed by atoms with Gasteiger partial charge >= 0.3 is 0 Å². The lowest BCUT2D eigenvalue weighted by Gasteiger charge is -2.29. The van der Waals surface area contributed by atoms with Crippen molar-refractivity contribution in [1.82, 2.24) is 24.9 Å². The Labute approximate surface area is 479 Å². The molecule has 0 fully saturated rings. The van der Waals surface area contributed by atoms with Crippen molar-refractivity contribution < 1.29 is 8.78 Å². The molecule has 1 aliphatic carbocycles. The highest BCUT2D eigenvalue weighted by Gasteiger charge is 2.33. The maximum Gasteiger partial charge on any atom is 0.256 e. The van der Waals surface area contributed by atoms with E-state index in [9.17, 15) is 23.2 Å². The molecule has 0 spiro atoms. The van der Waals surface area contributed by atoms with Crippen LogP contribution in [0.15, 0.2) is 187 Å². The van der Waals surface area contributed by atoms with Crippen LogP contribution in [0.3, 0.4) is 0 Å². The predicted octanol–water partition coefficient (Wildman–Crippen LogP) is 15.6. The van der Waals surface area contributed by atoms with Gasteiger partial charge in [-0.15, -0.1) is 11.8 Å². The monoisotopic (exact) mass is 1160 g/mol. The largest absolute Gasteiger partial charge is 0.340 e. The van der Waals surface area contributed by atoms with E-state index in [0.29, 0.717) is 55.7 Å². The molecule has 7 heterocycles. The van der Waals surface area contributed by atoms with Crippen molar-refractivity contribution >= 4 is 106 Å². The second kappa shape index (κ2) is 23.7. The molecule has 2 aliphatic heterocycles. The van der Waals surface area contributed by atoms with Gasteiger partial charge in [-0.1, -0.05) is 93.0 Å². The van der Waals surface area contributed by atoms with Gasteiger partial charge in [0.05, 0.1) is 27.8 Å². The summed E-state index contributed by atoms with van der Waals surface area (Å²) in [7, 11) is 0. The van der Waals surface area contributed by atoms with Crippen LogP contribution in [0.1, 0.15) is 80.3 Å². The number of anilines is 5. The first-order valence-corrected chi connectivity index (χ1v) is 28.7. The zero-order valence-corrected chi connectivity index (χ0v) is 48.2. The first-order valence-electron chi connectivity index (χ1n) is 26.9. The molecule has 12 nitrogen and oxygen atoms in total. The third-order valence-corrected chi connectivity index (χ3v) is 16.5. The molecule has 2 unspecified atom stereocenters. The van der Waals surface area contributed by atoms with Crippen molar-refractivity contribution in [3.63, 3.8) is 0 Å². The Morgan fingerprint density at radius 2 is 1.32 bits per heavy atom. The number of hydrogen-bond donors (Lipinski definition) is 6. The van der Waals surface area contributed by atoms with E-state index in [-0.39, 0.29) is 45.7 Å². The summed E-state index contributed by atoms with van der Waals surface area (Å²) in [4.78, 5) is 61.1. The number of aromatic amines is 3. The number of hydrogen-bond acceptors (Lipinski definition) is 10. The molecule has 10 aromatic rings. The number of halogens is 3. The normalized spacial score (nSPS) is 14.9. The summed E-state index contributed by atoms with van der Waals surface area (Å²) in [5.41, 5.74) is 9.92. The summed E-state index contributed by atoms with van der Waals surface area (Å²) < 4.78 is 28.3. The number of rotatable bonds is 7. The molecule has 16 heteroatoms. The summed E-state index contributed by atoms with van der Waals surface area (Å²) in [5.74, 6) is 1.92. The van der Waals surface area contributed by atoms with Gasteiger partial charge in [0.1, 0.15) is 29.1 Å². The molecule has 6 N–H and O–H groups in total. The number of para-hydroxylation sites is 1. The Bertz CT molecular complexity index is 4350. The average Bonchev–Trinajstić information content (AvgIpc) is 4.07. The summed E-state index contributed by atoms with van der Waals surface area (Å²) in [5, 5.41) is 14.1. The first kappa shape index (κ1) is 55.8. The fraction of sp³-hybridized carbons (Fsp3) is 0.200. The number of pyridine rings is 5. The Morgan fingerprint density at radius 3 is 2.00 bits per heavy atom. The van der Waals surface area contributed by atoms with Crippen LogP contribution >= 0.6 is 27.7 Å². The lowest BCUT2D eigenvalue weighted by molar-refractivity contribution is 0.506. The van der Waals surface area contributed by atoms with Gasteiger partial charge in [0.25, 0.3) is 16.7 Å². The lowest BCUT2D eigenvalue weighted by Crippen LogP contribution is -2.34. The van der Waals surface area contributed by atoms with Crippen molar-refractivity contribution in [2.45, 2.75) is 83.6 Å². The highest BCUT2D eigenvalue weighted by atomic mass is 79.9. The first-order chi connectivity index (χ1) is 39.1. The van der Waals surface area contributed by atoms with E-state index in [4.69, 9.17) is 4.98 Å². The number of aryl methyl sites for hydroxylation is 3. The van der Waals surface area contributed by atoms with Crippen LogP contribution in [-0.2, 0) is 11.8 Å². The minimum absolute atomic E-state index is 0.0897. The van der Waals surface area contributed by atoms with Crippen molar-refractivity contribution in [2.24, 2.45) is 4.99 Å². The molecule has 0 bridgehead atoms. The molecular weight excluding hydrogens is 1100 g/mol. The molecule has 0 amide bonds. The van der Waals surface area contributed by atoms with Crippen LogP contribution in [-0.4, -0.2) is 42.6 Å².